The average molecular weight is 175 g/mol. The van der Waals surface area contributed by atoms with E-state index in [9.17, 15) is 0 Å². The second kappa shape index (κ2) is 3.65. The number of aryl methyl sites for hydroxylation is 2. The van der Waals surface area contributed by atoms with Crippen molar-refractivity contribution < 1.29 is 0 Å². The molecule has 1 aromatic rings. The molecule has 13 heavy (non-hydrogen) atoms. The van der Waals surface area contributed by atoms with Crippen LogP contribution < -0.4 is 5.73 Å². The zero-order valence-corrected chi connectivity index (χ0v) is 8.59. The highest BCUT2D eigenvalue weighted by Crippen LogP contribution is 2.27. The van der Waals surface area contributed by atoms with Gasteiger partial charge in [-0.3, -0.25) is 0 Å². The van der Waals surface area contributed by atoms with Crippen LogP contribution in [0.25, 0.3) is 0 Å². The summed E-state index contributed by atoms with van der Waals surface area (Å²) in [5.41, 5.74) is 10.5. The monoisotopic (exact) mass is 175 g/mol. The summed E-state index contributed by atoms with van der Waals surface area (Å²) in [6.07, 6.45) is 1.92. The molecular formula is C12H17N. The van der Waals surface area contributed by atoms with E-state index in [1.54, 1.807) is 0 Å². The molecular weight excluding hydrogens is 158 g/mol. The molecule has 1 heteroatoms. The molecule has 0 saturated carbocycles. The summed E-state index contributed by atoms with van der Waals surface area (Å²) in [7, 11) is 0. The van der Waals surface area contributed by atoms with Gasteiger partial charge < -0.3 is 5.73 Å². The highest BCUT2D eigenvalue weighted by Gasteiger charge is 2.08. The van der Waals surface area contributed by atoms with Crippen LogP contribution in [0.5, 0.6) is 0 Å². The van der Waals surface area contributed by atoms with Crippen molar-refractivity contribution in [2.75, 3.05) is 5.73 Å². The van der Waals surface area contributed by atoms with Crippen molar-refractivity contribution in [3.05, 3.63) is 41.5 Å². The SMILES string of the molecule is C=CC(C)c1c(C)cc(C)cc1N. The van der Waals surface area contributed by atoms with Crippen LogP contribution >= 0.6 is 0 Å². The van der Waals surface area contributed by atoms with Crippen molar-refractivity contribution in [3.8, 4) is 0 Å². The summed E-state index contributed by atoms with van der Waals surface area (Å²) in [4.78, 5) is 0. The Morgan fingerprint density at radius 1 is 1.38 bits per heavy atom. The molecule has 0 aliphatic carbocycles. The molecule has 0 bridgehead atoms. The highest BCUT2D eigenvalue weighted by atomic mass is 14.6. The Morgan fingerprint density at radius 2 is 2.00 bits per heavy atom. The Morgan fingerprint density at radius 3 is 2.46 bits per heavy atom. The largest absolute Gasteiger partial charge is 0.398 e. The number of hydrogen-bond donors (Lipinski definition) is 1. The minimum absolute atomic E-state index is 0.334. The summed E-state index contributed by atoms with van der Waals surface area (Å²) in [5.74, 6) is 0.334. The van der Waals surface area contributed by atoms with Gasteiger partial charge in [-0.25, -0.2) is 0 Å². The number of benzene rings is 1. The summed E-state index contributed by atoms with van der Waals surface area (Å²) >= 11 is 0. The Bertz CT molecular complexity index is 303. The molecule has 0 heterocycles. The Kier molecular flexibility index (Phi) is 2.76. The predicted molar refractivity (Wildman–Crippen MR) is 58.9 cm³/mol. The second-order valence-corrected chi connectivity index (χ2v) is 3.61. The zero-order valence-electron chi connectivity index (χ0n) is 8.59. The first-order valence-electron chi connectivity index (χ1n) is 4.55. The van der Waals surface area contributed by atoms with E-state index in [1.807, 2.05) is 12.1 Å². The molecule has 1 unspecified atom stereocenters. The van der Waals surface area contributed by atoms with E-state index >= 15 is 0 Å². The molecule has 1 aromatic carbocycles. The molecule has 0 aliphatic heterocycles. The molecule has 1 atom stereocenters. The maximum atomic E-state index is 5.95. The molecule has 0 amide bonds. The highest BCUT2D eigenvalue weighted by molar-refractivity contribution is 5.55. The molecule has 0 radical (unpaired) electrons. The van der Waals surface area contributed by atoms with Gasteiger partial charge in [0.05, 0.1) is 0 Å². The quantitative estimate of drug-likeness (QED) is 0.542. The summed E-state index contributed by atoms with van der Waals surface area (Å²) in [5, 5.41) is 0. The van der Waals surface area contributed by atoms with Gasteiger partial charge in [-0.2, -0.15) is 0 Å². The van der Waals surface area contributed by atoms with Crippen molar-refractivity contribution in [1.29, 1.82) is 0 Å². The third kappa shape index (κ3) is 1.92. The molecule has 2 N–H and O–H groups in total. The maximum Gasteiger partial charge on any atom is 0.0357 e. The lowest BCUT2D eigenvalue weighted by molar-refractivity contribution is 0.958. The Labute approximate surface area is 80.3 Å². The number of rotatable bonds is 2. The molecule has 0 spiro atoms. The van der Waals surface area contributed by atoms with E-state index < -0.39 is 0 Å². The lowest BCUT2D eigenvalue weighted by Gasteiger charge is -2.14. The zero-order chi connectivity index (χ0) is 10.0. The molecule has 0 fully saturated rings. The molecule has 0 aromatic heterocycles. The van der Waals surface area contributed by atoms with Crippen LogP contribution in [0, 0.1) is 13.8 Å². The molecule has 70 valence electrons. The van der Waals surface area contributed by atoms with Crippen LogP contribution in [0.15, 0.2) is 24.8 Å². The van der Waals surface area contributed by atoms with E-state index in [0.29, 0.717) is 5.92 Å². The van der Waals surface area contributed by atoms with Crippen molar-refractivity contribution in [2.45, 2.75) is 26.7 Å². The van der Waals surface area contributed by atoms with Crippen LogP contribution in [-0.4, -0.2) is 0 Å². The number of anilines is 1. The predicted octanol–water partition coefficient (Wildman–Crippen LogP) is 3.18. The maximum absolute atomic E-state index is 5.95. The molecule has 0 aliphatic rings. The first-order chi connectivity index (χ1) is 6.06. The third-order valence-electron chi connectivity index (χ3n) is 2.37. The van der Waals surface area contributed by atoms with Crippen LogP contribution in [0.3, 0.4) is 0 Å². The standard InChI is InChI=1S/C12H17N/c1-5-9(3)12-10(4)6-8(2)7-11(12)13/h5-7,9H,1,13H2,2-4H3. The van der Waals surface area contributed by atoms with Gasteiger partial charge >= 0.3 is 0 Å². The molecule has 0 saturated heterocycles. The van der Waals surface area contributed by atoms with Gasteiger partial charge in [0.25, 0.3) is 0 Å². The normalized spacial score (nSPS) is 12.5. The summed E-state index contributed by atoms with van der Waals surface area (Å²) in [6, 6.07) is 4.17. The number of nitrogen functional groups attached to an aromatic ring is 1. The fourth-order valence-electron chi connectivity index (χ4n) is 1.75. The van der Waals surface area contributed by atoms with E-state index in [0.717, 1.165) is 5.69 Å². The average Bonchev–Trinajstić information content (AvgIpc) is 2.02. The van der Waals surface area contributed by atoms with E-state index in [-0.39, 0.29) is 0 Å². The Hall–Kier alpha value is -1.24. The van der Waals surface area contributed by atoms with Crippen molar-refractivity contribution in [2.24, 2.45) is 0 Å². The molecule has 1 rings (SSSR count). The van der Waals surface area contributed by atoms with Crippen molar-refractivity contribution in [1.82, 2.24) is 0 Å². The number of allylic oxidation sites excluding steroid dienone is 1. The van der Waals surface area contributed by atoms with Gasteiger partial charge in [-0.05, 0) is 36.6 Å². The van der Waals surface area contributed by atoms with Gasteiger partial charge in [0, 0.05) is 11.6 Å². The van der Waals surface area contributed by atoms with Gasteiger partial charge in [0.2, 0.25) is 0 Å². The third-order valence-corrected chi connectivity index (χ3v) is 2.37. The topological polar surface area (TPSA) is 26.0 Å². The fraction of sp³-hybridized carbons (Fsp3) is 0.333. The van der Waals surface area contributed by atoms with Crippen LogP contribution in [0.1, 0.15) is 29.5 Å². The smallest absolute Gasteiger partial charge is 0.0357 e. The lowest BCUT2D eigenvalue weighted by atomic mass is 9.93. The van der Waals surface area contributed by atoms with Crippen LogP contribution in [-0.2, 0) is 0 Å². The van der Waals surface area contributed by atoms with Gasteiger partial charge in [0.1, 0.15) is 0 Å². The first-order valence-corrected chi connectivity index (χ1v) is 4.55. The van der Waals surface area contributed by atoms with Gasteiger partial charge in [-0.15, -0.1) is 6.58 Å². The van der Waals surface area contributed by atoms with E-state index in [4.69, 9.17) is 5.73 Å². The Balaban J connectivity index is 3.28. The second-order valence-electron chi connectivity index (χ2n) is 3.61. The number of nitrogens with two attached hydrogens (primary N) is 1. The lowest BCUT2D eigenvalue weighted by Crippen LogP contribution is -2.00. The molecule has 1 nitrogen and oxygen atoms in total. The van der Waals surface area contributed by atoms with Crippen LogP contribution in [0.4, 0.5) is 5.69 Å². The van der Waals surface area contributed by atoms with Crippen LogP contribution in [0.2, 0.25) is 0 Å². The van der Waals surface area contributed by atoms with Crippen molar-refractivity contribution >= 4 is 5.69 Å². The van der Waals surface area contributed by atoms with Gasteiger partial charge in [-0.1, -0.05) is 19.1 Å². The minimum atomic E-state index is 0.334. The summed E-state index contributed by atoms with van der Waals surface area (Å²) in [6.45, 7) is 10.1. The van der Waals surface area contributed by atoms with Crippen molar-refractivity contribution in [3.63, 3.8) is 0 Å². The van der Waals surface area contributed by atoms with Gasteiger partial charge in [0.15, 0.2) is 0 Å². The first kappa shape index (κ1) is 9.85. The minimum Gasteiger partial charge on any atom is -0.398 e. The number of hydrogen-bond acceptors (Lipinski definition) is 1. The fourth-order valence-corrected chi connectivity index (χ4v) is 1.75. The van der Waals surface area contributed by atoms with E-state index in [1.165, 1.54) is 16.7 Å². The van der Waals surface area contributed by atoms with E-state index in [2.05, 4.69) is 33.4 Å². The summed E-state index contributed by atoms with van der Waals surface area (Å²) < 4.78 is 0.